The average molecular weight is 490 g/mol. The Hall–Kier alpha value is -3.80. The maximum absolute atomic E-state index is 12.9. The number of ether oxygens (including phenoxy) is 2. The van der Waals surface area contributed by atoms with E-state index in [4.69, 9.17) is 32.7 Å². The van der Waals surface area contributed by atoms with Crippen LogP contribution in [0.1, 0.15) is 26.3 Å². The summed E-state index contributed by atoms with van der Waals surface area (Å²) in [6.45, 7) is 0.527. The van der Waals surface area contributed by atoms with Crippen LogP contribution in [0.15, 0.2) is 84.9 Å². The predicted octanol–water partition coefficient (Wildman–Crippen LogP) is 7.02. The summed E-state index contributed by atoms with van der Waals surface area (Å²) < 4.78 is 11.4. The van der Waals surface area contributed by atoms with E-state index in [1.54, 1.807) is 54.6 Å². The lowest BCUT2D eigenvalue weighted by Gasteiger charge is -2.23. The van der Waals surface area contributed by atoms with Crippen LogP contribution in [0.4, 0.5) is 5.69 Å². The minimum absolute atomic E-state index is 0.130. The van der Waals surface area contributed by atoms with Gasteiger partial charge in [-0.05, 0) is 71.8 Å². The Balaban J connectivity index is 1.55. The molecule has 0 aromatic heterocycles. The van der Waals surface area contributed by atoms with Crippen LogP contribution in [0.5, 0.6) is 11.5 Å². The third-order valence-electron chi connectivity index (χ3n) is 5.40. The van der Waals surface area contributed by atoms with E-state index in [2.05, 4.69) is 5.32 Å². The van der Waals surface area contributed by atoms with E-state index in [-0.39, 0.29) is 17.1 Å². The van der Waals surface area contributed by atoms with E-state index in [1.165, 1.54) is 6.07 Å². The number of benzene rings is 4. The van der Waals surface area contributed by atoms with Crippen molar-refractivity contribution < 1.29 is 19.1 Å². The number of halogens is 2. The molecule has 5 rings (SSSR count). The van der Waals surface area contributed by atoms with Crippen molar-refractivity contribution in [1.29, 1.82) is 0 Å². The molecule has 0 atom stereocenters. The van der Waals surface area contributed by atoms with Crippen LogP contribution in [0, 0.1) is 0 Å². The molecule has 0 amide bonds. The number of carbonyl (C=O) groups excluding carboxylic acids is 2. The number of para-hydroxylation sites is 1. The monoisotopic (exact) mass is 489 g/mol. The molecule has 0 fully saturated rings. The highest BCUT2D eigenvalue weighted by molar-refractivity contribution is 6.31. The lowest BCUT2D eigenvalue weighted by molar-refractivity contribution is 0.0682. The maximum atomic E-state index is 12.9. The first-order valence-corrected chi connectivity index (χ1v) is 11.2. The quantitative estimate of drug-likeness (QED) is 0.246. The number of hydrogen-bond donors (Lipinski definition) is 1. The molecule has 34 heavy (non-hydrogen) atoms. The molecular weight excluding hydrogens is 473 g/mol. The van der Waals surface area contributed by atoms with Crippen molar-refractivity contribution in [1.82, 2.24) is 0 Å². The Morgan fingerprint density at radius 1 is 0.676 bits per heavy atom. The molecule has 0 saturated heterocycles. The molecule has 4 aromatic rings. The van der Waals surface area contributed by atoms with Gasteiger partial charge in [-0.1, -0.05) is 47.5 Å². The number of anilines is 1. The fourth-order valence-electron chi connectivity index (χ4n) is 3.74. The summed E-state index contributed by atoms with van der Waals surface area (Å²) in [5.41, 5.74) is 4.31. The van der Waals surface area contributed by atoms with Crippen LogP contribution in [-0.4, -0.2) is 11.9 Å². The summed E-state index contributed by atoms with van der Waals surface area (Å²) in [7, 11) is 0. The van der Waals surface area contributed by atoms with Gasteiger partial charge in [0.15, 0.2) is 11.5 Å². The van der Waals surface area contributed by atoms with Gasteiger partial charge in [-0.2, -0.15) is 0 Å². The van der Waals surface area contributed by atoms with Crippen LogP contribution in [0.3, 0.4) is 0 Å². The number of fused-ring (bicyclic) bond motifs is 3. The van der Waals surface area contributed by atoms with Crippen molar-refractivity contribution in [3.8, 4) is 22.6 Å². The second-order valence-corrected chi connectivity index (χ2v) is 8.52. The molecule has 1 N–H and O–H groups in total. The largest absolute Gasteiger partial charge is 0.419 e. The molecule has 0 aliphatic carbocycles. The number of rotatable bonds is 4. The van der Waals surface area contributed by atoms with Crippen molar-refractivity contribution in [3.63, 3.8) is 0 Å². The molecule has 5 nitrogen and oxygen atoms in total. The molecule has 1 aliphatic rings. The van der Waals surface area contributed by atoms with Gasteiger partial charge in [0.25, 0.3) is 0 Å². The summed E-state index contributed by atoms with van der Waals surface area (Å²) in [5, 5.41) is 4.27. The third kappa shape index (κ3) is 4.49. The Labute approximate surface area is 205 Å². The van der Waals surface area contributed by atoms with Gasteiger partial charge in [0.2, 0.25) is 0 Å². The fourth-order valence-corrected chi connectivity index (χ4v) is 4.06. The number of esters is 2. The van der Waals surface area contributed by atoms with Crippen LogP contribution in [0.2, 0.25) is 10.0 Å². The zero-order valence-electron chi connectivity index (χ0n) is 17.7. The molecule has 0 unspecified atom stereocenters. The molecular formula is C27H17Cl2NO4. The second kappa shape index (κ2) is 9.21. The Bertz CT molecular complexity index is 1420. The molecule has 0 bridgehead atoms. The highest BCUT2D eigenvalue weighted by Crippen LogP contribution is 2.42. The van der Waals surface area contributed by atoms with Crippen molar-refractivity contribution in [3.05, 3.63) is 112 Å². The first kappa shape index (κ1) is 22.0. The predicted molar refractivity (Wildman–Crippen MR) is 132 cm³/mol. The van der Waals surface area contributed by atoms with Crippen LogP contribution < -0.4 is 14.8 Å². The molecule has 0 radical (unpaired) electrons. The minimum Gasteiger partial charge on any atom is -0.419 e. The standard InChI is InChI=1S/C27H17Cl2NO4/c28-19-10-8-16(9-11-19)26(31)34-25-14-22-18(15-30-23-7-2-1-6-21(22)23)13-24(25)33-27(32)17-4-3-5-20(29)12-17/h1-14,30H,15H2. The van der Waals surface area contributed by atoms with E-state index >= 15 is 0 Å². The smallest absolute Gasteiger partial charge is 0.343 e. The van der Waals surface area contributed by atoms with Crippen LogP contribution in [0.25, 0.3) is 11.1 Å². The number of hydrogen-bond acceptors (Lipinski definition) is 5. The van der Waals surface area contributed by atoms with E-state index in [1.807, 2.05) is 24.3 Å². The van der Waals surface area contributed by atoms with Crippen LogP contribution in [-0.2, 0) is 6.54 Å². The Morgan fingerprint density at radius 2 is 1.38 bits per heavy atom. The summed E-state index contributed by atoms with van der Waals surface area (Å²) in [4.78, 5) is 25.7. The van der Waals surface area contributed by atoms with E-state index < -0.39 is 11.9 Å². The van der Waals surface area contributed by atoms with Crippen molar-refractivity contribution in [2.75, 3.05) is 5.32 Å². The first-order valence-electron chi connectivity index (χ1n) is 10.4. The van der Waals surface area contributed by atoms with Gasteiger partial charge in [0.05, 0.1) is 11.1 Å². The normalized spacial score (nSPS) is 11.6. The summed E-state index contributed by atoms with van der Waals surface area (Å²) in [6.07, 6.45) is 0. The average Bonchev–Trinajstić information content (AvgIpc) is 2.84. The van der Waals surface area contributed by atoms with Gasteiger partial charge < -0.3 is 14.8 Å². The van der Waals surface area contributed by atoms with Crippen LogP contribution >= 0.6 is 23.2 Å². The number of nitrogens with one attached hydrogen (secondary N) is 1. The zero-order chi connectivity index (χ0) is 23.7. The lowest BCUT2D eigenvalue weighted by Crippen LogP contribution is -2.15. The highest BCUT2D eigenvalue weighted by atomic mass is 35.5. The lowest BCUT2D eigenvalue weighted by atomic mass is 9.94. The molecule has 1 aliphatic heterocycles. The van der Waals surface area contributed by atoms with E-state index in [0.29, 0.717) is 22.2 Å². The third-order valence-corrected chi connectivity index (χ3v) is 5.89. The minimum atomic E-state index is -0.615. The zero-order valence-corrected chi connectivity index (χ0v) is 19.2. The topological polar surface area (TPSA) is 64.6 Å². The summed E-state index contributed by atoms with van der Waals surface area (Å²) >= 11 is 11.9. The van der Waals surface area contributed by atoms with Gasteiger partial charge in [0, 0.05) is 27.8 Å². The Morgan fingerprint density at radius 3 is 2.15 bits per heavy atom. The molecule has 0 saturated carbocycles. The SMILES string of the molecule is O=C(Oc1cc2c(cc1OC(=O)c1ccc(Cl)cc1)-c1ccccc1NC2)c1cccc(Cl)c1. The van der Waals surface area contributed by atoms with E-state index in [9.17, 15) is 9.59 Å². The van der Waals surface area contributed by atoms with Gasteiger partial charge in [-0.25, -0.2) is 9.59 Å². The number of carbonyl (C=O) groups is 2. The molecule has 1 heterocycles. The fraction of sp³-hybridized carbons (Fsp3) is 0.0370. The summed E-state index contributed by atoms with van der Waals surface area (Å²) in [5.74, 6) is -0.952. The van der Waals surface area contributed by atoms with Crippen molar-refractivity contribution >= 4 is 40.8 Å². The first-order chi connectivity index (χ1) is 16.5. The summed E-state index contributed by atoms with van der Waals surface area (Å²) in [6, 6.07) is 24.1. The van der Waals surface area contributed by atoms with Gasteiger partial charge in [-0.15, -0.1) is 0 Å². The second-order valence-electron chi connectivity index (χ2n) is 7.65. The molecule has 4 aromatic carbocycles. The van der Waals surface area contributed by atoms with Gasteiger partial charge in [0.1, 0.15) is 0 Å². The molecule has 7 heteroatoms. The van der Waals surface area contributed by atoms with Crippen molar-refractivity contribution in [2.24, 2.45) is 0 Å². The molecule has 168 valence electrons. The van der Waals surface area contributed by atoms with Crippen molar-refractivity contribution in [2.45, 2.75) is 6.54 Å². The maximum Gasteiger partial charge on any atom is 0.343 e. The molecule has 0 spiro atoms. The van der Waals surface area contributed by atoms with Gasteiger partial charge in [-0.3, -0.25) is 0 Å². The highest BCUT2D eigenvalue weighted by Gasteiger charge is 2.23. The Kier molecular flexibility index (Phi) is 5.97. The van der Waals surface area contributed by atoms with E-state index in [0.717, 1.165) is 22.4 Å². The van der Waals surface area contributed by atoms with Gasteiger partial charge >= 0.3 is 11.9 Å².